The van der Waals surface area contributed by atoms with Gasteiger partial charge in [0.15, 0.2) is 11.6 Å². The number of hydrogen-bond acceptors (Lipinski definition) is 10. The van der Waals surface area contributed by atoms with Crippen LogP contribution < -0.4 is 16.4 Å². The molecule has 2 fully saturated rings. The Kier molecular flexibility index (Phi) is 7.03. The molecule has 210 valence electrons. The number of hydrogen-bond donors (Lipinski definition) is 2. The molecule has 6 rings (SSSR count). The number of fused-ring (bicyclic) bond motifs is 2. The molecule has 1 aromatic carbocycles. The Hall–Kier alpha value is -3.45. The van der Waals surface area contributed by atoms with Crippen molar-refractivity contribution in [2.45, 2.75) is 25.9 Å². The first-order chi connectivity index (χ1) is 19.2. The predicted octanol–water partition coefficient (Wildman–Crippen LogP) is 2.85. The molecule has 40 heavy (non-hydrogen) atoms. The third-order valence-corrected chi connectivity index (χ3v) is 9.09. The first-order valence-electron chi connectivity index (χ1n) is 13.5. The quantitative estimate of drug-likeness (QED) is 0.363. The minimum atomic E-state index is -0.657. The normalized spacial score (nSPS) is 17.6. The van der Waals surface area contributed by atoms with Crippen molar-refractivity contribution in [3.8, 4) is 11.4 Å². The van der Waals surface area contributed by atoms with Crippen molar-refractivity contribution in [3.05, 3.63) is 41.2 Å². The number of nitrogens with zero attached hydrogens (tertiary/aromatic N) is 6. The summed E-state index contributed by atoms with van der Waals surface area (Å²) in [6.45, 7) is 10.6. The highest BCUT2D eigenvalue weighted by molar-refractivity contribution is 7.19. The largest absolute Gasteiger partial charge is 0.383 e. The van der Waals surface area contributed by atoms with Crippen molar-refractivity contribution in [1.82, 2.24) is 24.8 Å². The Bertz CT molecular complexity index is 1580. The van der Waals surface area contributed by atoms with Gasteiger partial charge >= 0.3 is 0 Å². The third kappa shape index (κ3) is 4.96. The maximum atomic E-state index is 14.0. The van der Waals surface area contributed by atoms with Gasteiger partial charge in [0.05, 0.1) is 29.0 Å². The summed E-state index contributed by atoms with van der Waals surface area (Å²) < 4.78 is 20.7. The Labute approximate surface area is 235 Å². The number of nitrogen functional groups attached to an aromatic ring is 1. The maximum Gasteiger partial charge on any atom is 0.237 e. The van der Waals surface area contributed by atoms with Crippen molar-refractivity contribution in [3.63, 3.8) is 0 Å². The van der Waals surface area contributed by atoms with Crippen LogP contribution in [0.4, 0.5) is 16.0 Å². The van der Waals surface area contributed by atoms with E-state index in [-0.39, 0.29) is 17.5 Å². The van der Waals surface area contributed by atoms with Gasteiger partial charge in [-0.3, -0.25) is 14.6 Å². The molecule has 0 aliphatic carbocycles. The van der Waals surface area contributed by atoms with Crippen molar-refractivity contribution in [2.75, 3.05) is 63.1 Å². The molecule has 2 aliphatic rings. The summed E-state index contributed by atoms with van der Waals surface area (Å²) in [4.78, 5) is 34.2. The second kappa shape index (κ2) is 10.5. The van der Waals surface area contributed by atoms with E-state index >= 15 is 0 Å². The lowest BCUT2D eigenvalue weighted by atomic mass is 10.0. The molecule has 0 unspecified atom stereocenters. The minimum Gasteiger partial charge on any atom is -0.383 e. The number of nitrogens with two attached hydrogens (primary N) is 2. The average molecular weight is 565 g/mol. The molecule has 2 saturated heterocycles. The molecule has 3 aromatic heterocycles. The van der Waals surface area contributed by atoms with Gasteiger partial charge in [-0.2, -0.15) is 0 Å². The van der Waals surface area contributed by atoms with E-state index in [0.717, 1.165) is 67.2 Å². The van der Waals surface area contributed by atoms with E-state index in [1.54, 1.807) is 23.6 Å². The van der Waals surface area contributed by atoms with Gasteiger partial charge in [-0.25, -0.2) is 19.3 Å². The van der Waals surface area contributed by atoms with Gasteiger partial charge in [0, 0.05) is 67.8 Å². The van der Waals surface area contributed by atoms with Gasteiger partial charge in [-0.05, 0) is 37.4 Å². The topological polar surface area (TPSA) is 127 Å². The molecule has 0 saturated carbocycles. The van der Waals surface area contributed by atoms with Gasteiger partial charge in [0.1, 0.15) is 11.6 Å². The van der Waals surface area contributed by atoms with Crippen LogP contribution in [-0.2, 0) is 16.1 Å². The molecule has 12 heteroatoms. The second-order valence-electron chi connectivity index (χ2n) is 10.8. The molecule has 2 aliphatic heterocycles. The van der Waals surface area contributed by atoms with Crippen LogP contribution in [0.25, 0.3) is 32.4 Å². The fraction of sp³-hybridized carbons (Fsp3) is 0.429. The van der Waals surface area contributed by atoms with E-state index in [1.807, 2.05) is 13.8 Å². The van der Waals surface area contributed by atoms with E-state index in [4.69, 9.17) is 26.2 Å². The number of rotatable bonds is 6. The summed E-state index contributed by atoms with van der Waals surface area (Å²) in [5.74, 6) is 1.00. The van der Waals surface area contributed by atoms with E-state index in [0.29, 0.717) is 30.0 Å². The lowest BCUT2D eigenvalue weighted by Crippen LogP contribution is -2.59. The molecule has 1 amide bonds. The number of piperazine rings is 1. The van der Waals surface area contributed by atoms with Crippen LogP contribution >= 0.6 is 11.3 Å². The number of carbonyl (C=O) groups is 1. The number of anilines is 2. The predicted molar refractivity (Wildman–Crippen MR) is 156 cm³/mol. The van der Waals surface area contributed by atoms with Crippen LogP contribution in [0.3, 0.4) is 0 Å². The smallest absolute Gasteiger partial charge is 0.237 e. The van der Waals surface area contributed by atoms with Crippen LogP contribution in [0.1, 0.15) is 18.7 Å². The molecular formula is C28H33FN8O2S. The molecule has 0 bridgehead atoms. The molecule has 0 radical (unpaired) electrons. The number of carbonyl (C=O) groups excluding carboxylic acids is 1. The lowest BCUT2D eigenvalue weighted by Gasteiger charge is -2.42. The highest BCUT2D eigenvalue weighted by Gasteiger charge is 2.34. The Morgan fingerprint density at radius 2 is 1.82 bits per heavy atom. The van der Waals surface area contributed by atoms with Crippen molar-refractivity contribution >= 4 is 49.9 Å². The maximum absolute atomic E-state index is 14.0. The number of aromatic nitrogens is 3. The lowest BCUT2D eigenvalue weighted by molar-refractivity contribution is -0.129. The highest BCUT2D eigenvalue weighted by Crippen LogP contribution is 2.37. The third-order valence-electron chi connectivity index (χ3n) is 7.98. The average Bonchev–Trinajstić information content (AvgIpc) is 3.36. The van der Waals surface area contributed by atoms with Gasteiger partial charge in [-0.1, -0.05) is 6.07 Å². The van der Waals surface area contributed by atoms with Gasteiger partial charge in [0.2, 0.25) is 5.91 Å². The van der Waals surface area contributed by atoms with Crippen LogP contribution in [0.5, 0.6) is 0 Å². The fourth-order valence-electron chi connectivity index (χ4n) is 5.41. The number of ether oxygens (including phenoxy) is 1. The summed E-state index contributed by atoms with van der Waals surface area (Å²) in [6, 6.07) is 6.66. The highest BCUT2D eigenvalue weighted by atomic mass is 32.1. The molecule has 0 spiro atoms. The van der Waals surface area contributed by atoms with Crippen LogP contribution in [0.2, 0.25) is 0 Å². The van der Waals surface area contributed by atoms with E-state index in [1.165, 1.54) is 17.0 Å². The number of pyridine rings is 1. The van der Waals surface area contributed by atoms with Crippen LogP contribution in [0, 0.1) is 5.82 Å². The van der Waals surface area contributed by atoms with Crippen molar-refractivity contribution in [2.24, 2.45) is 5.73 Å². The number of morpholine rings is 1. The fourth-order valence-corrected chi connectivity index (χ4v) is 6.56. The molecule has 5 heterocycles. The Balaban J connectivity index is 1.35. The first-order valence-corrected chi connectivity index (χ1v) is 14.3. The monoisotopic (exact) mass is 564 g/mol. The zero-order valence-corrected chi connectivity index (χ0v) is 23.5. The van der Waals surface area contributed by atoms with E-state index < -0.39 is 5.54 Å². The van der Waals surface area contributed by atoms with E-state index in [9.17, 15) is 9.18 Å². The van der Waals surface area contributed by atoms with Crippen molar-refractivity contribution < 1.29 is 13.9 Å². The second-order valence-corrected chi connectivity index (χ2v) is 12.0. The van der Waals surface area contributed by atoms with Crippen LogP contribution in [0.15, 0.2) is 30.5 Å². The number of primary amides is 1. The molecule has 0 atom stereocenters. The van der Waals surface area contributed by atoms with Gasteiger partial charge in [-0.15, -0.1) is 11.3 Å². The summed E-state index contributed by atoms with van der Waals surface area (Å²) in [6.07, 6.45) is 1.67. The Morgan fingerprint density at radius 1 is 1.07 bits per heavy atom. The number of thiophene rings is 1. The molecule has 10 nitrogen and oxygen atoms in total. The minimum absolute atomic E-state index is 0.268. The molecular weight excluding hydrogens is 531 g/mol. The van der Waals surface area contributed by atoms with E-state index in [2.05, 4.69) is 25.8 Å². The first kappa shape index (κ1) is 26.8. The standard InChI is InChI=1S/C28H33FN8O2S/c1-28(2,27(31)38)37-7-5-35(6-8-37)16-18-14-22-23(40-18)26(36-9-11-39-12-10-36)34-25(33-22)21-15-32-24(30)20-13-17(29)3-4-19(20)21/h3-4,13-15H,5-12,16H2,1-2H3,(H2,30,32)(H2,31,38). The zero-order chi connectivity index (χ0) is 28.0. The zero-order valence-electron chi connectivity index (χ0n) is 22.7. The molecule has 4 aromatic rings. The SMILES string of the molecule is CC(C)(C(N)=O)N1CCN(Cc2cc3nc(-c4cnc(N)c5cc(F)ccc45)nc(N4CCOCC4)c3s2)CC1. The van der Waals surface area contributed by atoms with Gasteiger partial charge < -0.3 is 21.1 Å². The summed E-state index contributed by atoms with van der Waals surface area (Å²) in [5.41, 5.74) is 12.6. The molecule has 4 N–H and O–H groups in total. The summed E-state index contributed by atoms with van der Waals surface area (Å²) in [5, 5.41) is 1.30. The number of halogens is 1. The van der Waals surface area contributed by atoms with Crippen molar-refractivity contribution in [1.29, 1.82) is 0 Å². The number of amides is 1. The Morgan fingerprint density at radius 3 is 2.55 bits per heavy atom. The number of benzene rings is 1. The summed E-state index contributed by atoms with van der Waals surface area (Å²) >= 11 is 1.71. The van der Waals surface area contributed by atoms with Crippen LogP contribution in [-0.4, -0.2) is 88.7 Å². The van der Waals surface area contributed by atoms with Gasteiger partial charge in [0.25, 0.3) is 0 Å². The summed E-state index contributed by atoms with van der Waals surface area (Å²) in [7, 11) is 0.